The van der Waals surface area contributed by atoms with Gasteiger partial charge in [-0.1, -0.05) is 11.3 Å². The van der Waals surface area contributed by atoms with Crippen molar-refractivity contribution in [2.24, 2.45) is 0 Å². The van der Waals surface area contributed by atoms with Crippen LogP contribution in [0.5, 0.6) is 0 Å². The van der Waals surface area contributed by atoms with Gasteiger partial charge in [-0.15, -0.1) is 10.2 Å². The van der Waals surface area contributed by atoms with Crippen molar-refractivity contribution in [3.8, 4) is 0 Å². The average Bonchev–Trinajstić information content (AvgIpc) is 2.86. The lowest BCUT2D eigenvalue weighted by atomic mass is 10.2. The molecule has 1 aliphatic heterocycles. The van der Waals surface area contributed by atoms with Gasteiger partial charge >= 0.3 is 6.09 Å². The first-order valence-electron chi connectivity index (χ1n) is 5.18. The predicted molar refractivity (Wildman–Crippen MR) is 58.5 cm³/mol. The minimum atomic E-state index is -0.502. The molecule has 1 aromatic rings. The van der Waals surface area contributed by atoms with Crippen molar-refractivity contribution in [3.63, 3.8) is 0 Å². The molecule has 0 aliphatic carbocycles. The van der Waals surface area contributed by atoms with Gasteiger partial charge in [-0.2, -0.15) is 0 Å². The second kappa shape index (κ2) is 5.22. The summed E-state index contributed by atoms with van der Waals surface area (Å²) < 4.78 is 10.2. The van der Waals surface area contributed by atoms with Gasteiger partial charge in [0.1, 0.15) is 11.1 Å². The van der Waals surface area contributed by atoms with E-state index in [1.807, 2.05) is 0 Å². The maximum absolute atomic E-state index is 11.1. The molecule has 88 valence electrons. The van der Waals surface area contributed by atoms with E-state index in [0.717, 1.165) is 24.5 Å². The fourth-order valence-corrected chi connectivity index (χ4v) is 2.26. The number of nitrogens with one attached hydrogen (secondary N) is 1. The highest BCUT2D eigenvalue weighted by Gasteiger charge is 2.22. The Hall–Kier alpha value is -1.21. The highest BCUT2D eigenvalue weighted by atomic mass is 32.1. The molecule has 7 heteroatoms. The molecule has 1 saturated heterocycles. The van der Waals surface area contributed by atoms with Gasteiger partial charge in [0.2, 0.25) is 5.13 Å². The summed E-state index contributed by atoms with van der Waals surface area (Å²) in [6.07, 6.45) is 1.55. The summed E-state index contributed by atoms with van der Waals surface area (Å²) in [6, 6.07) is 0. The topological polar surface area (TPSA) is 73.3 Å². The number of ether oxygens (including phenoxy) is 2. The average molecular weight is 243 g/mol. The first kappa shape index (κ1) is 11.3. The van der Waals surface area contributed by atoms with Gasteiger partial charge in [0.25, 0.3) is 0 Å². The Bertz CT molecular complexity index is 363. The minimum absolute atomic E-state index is 0.0373. The largest absolute Gasteiger partial charge is 0.450 e. The van der Waals surface area contributed by atoms with Crippen LogP contribution in [0, 0.1) is 0 Å². The van der Waals surface area contributed by atoms with Crippen LogP contribution in [0.15, 0.2) is 0 Å². The molecule has 1 unspecified atom stereocenters. The third-order valence-electron chi connectivity index (χ3n) is 2.13. The summed E-state index contributed by atoms with van der Waals surface area (Å²) in [4.78, 5) is 11.1. The van der Waals surface area contributed by atoms with Crippen molar-refractivity contribution >= 4 is 22.6 Å². The molecular formula is C9H13N3O3S. The SMILES string of the molecule is CCOC(=O)Nc1nnc(C2CCCO2)s1. The number of amides is 1. The summed E-state index contributed by atoms with van der Waals surface area (Å²) >= 11 is 1.33. The normalized spacial score (nSPS) is 19.7. The van der Waals surface area contributed by atoms with Crippen molar-refractivity contribution in [2.45, 2.75) is 25.9 Å². The third-order valence-corrected chi connectivity index (χ3v) is 3.06. The zero-order valence-corrected chi connectivity index (χ0v) is 9.75. The molecule has 1 N–H and O–H groups in total. The second-order valence-electron chi connectivity index (χ2n) is 3.29. The fraction of sp³-hybridized carbons (Fsp3) is 0.667. The van der Waals surface area contributed by atoms with Crippen LogP contribution in [0.3, 0.4) is 0 Å². The van der Waals surface area contributed by atoms with Crippen LogP contribution >= 0.6 is 11.3 Å². The number of hydrogen-bond donors (Lipinski definition) is 1. The molecule has 16 heavy (non-hydrogen) atoms. The molecule has 1 amide bonds. The van der Waals surface area contributed by atoms with Crippen LogP contribution in [0.1, 0.15) is 30.9 Å². The van der Waals surface area contributed by atoms with E-state index in [4.69, 9.17) is 9.47 Å². The smallest absolute Gasteiger partial charge is 0.413 e. The summed E-state index contributed by atoms with van der Waals surface area (Å²) in [5.41, 5.74) is 0. The Morgan fingerprint density at radius 3 is 3.25 bits per heavy atom. The van der Waals surface area contributed by atoms with Crippen LogP contribution in [-0.2, 0) is 9.47 Å². The maximum Gasteiger partial charge on any atom is 0.413 e. The number of rotatable bonds is 3. The van der Waals surface area contributed by atoms with Crippen LogP contribution < -0.4 is 5.32 Å². The fourth-order valence-electron chi connectivity index (χ4n) is 1.44. The van der Waals surface area contributed by atoms with Gasteiger partial charge in [0.05, 0.1) is 6.61 Å². The van der Waals surface area contributed by atoms with Crippen LogP contribution in [-0.4, -0.2) is 29.5 Å². The van der Waals surface area contributed by atoms with Gasteiger partial charge in [-0.25, -0.2) is 4.79 Å². The first-order chi connectivity index (χ1) is 7.79. The quantitative estimate of drug-likeness (QED) is 0.878. The molecule has 0 radical (unpaired) electrons. The highest BCUT2D eigenvalue weighted by molar-refractivity contribution is 7.15. The Kier molecular flexibility index (Phi) is 3.68. The minimum Gasteiger partial charge on any atom is -0.450 e. The molecular weight excluding hydrogens is 230 g/mol. The number of anilines is 1. The number of carbonyl (C=O) groups is 1. The van der Waals surface area contributed by atoms with E-state index in [0.29, 0.717) is 11.7 Å². The van der Waals surface area contributed by atoms with Crippen LogP contribution in [0.4, 0.5) is 9.93 Å². The molecule has 2 heterocycles. The summed E-state index contributed by atoms with van der Waals surface area (Å²) in [5, 5.41) is 11.6. The lowest BCUT2D eigenvalue weighted by Crippen LogP contribution is -2.12. The zero-order valence-electron chi connectivity index (χ0n) is 8.93. The Morgan fingerprint density at radius 1 is 1.69 bits per heavy atom. The van der Waals surface area contributed by atoms with E-state index in [9.17, 15) is 4.79 Å². The zero-order chi connectivity index (χ0) is 11.4. The van der Waals surface area contributed by atoms with Crippen molar-refractivity contribution < 1.29 is 14.3 Å². The lowest BCUT2D eigenvalue weighted by Gasteiger charge is -2.02. The lowest BCUT2D eigenvalue weighted by molar-refractivity contribution is 0.111. The summed E-state index contributed by atoms with van der Waals surface area (Å²) in [5.74, 6) is 0. The number of nitrogens with zero attached hydrogens (tertiary/aromatic N) is 2. The van der Waals surface area contributed by atoms with Crippen LogP contribution in [0.25, 0.3) is 0 Å². The molecule has 6 nitrogen and oxygen atoms in total. The number of carbonyl (C=O) groups excluding carboxylic acids is 1. The van der Waals surface area contributed by atoms with Gasteiger partial charge in [-0.05, 0) is 19.8 Å². The van der Waals surface area contributed by atoms with E-state index < -0.39 is 6.09 Å². The van der Waals surface area contributed by atoms with Gasteiger partial charge in [-0.3, -0.25) is 5.32 Å². The van der Waals surface area contributed by atoms with Crippen LogP contribution in [0.2, 0.25) is 0 Å². The molecule has 1 aromatic heterocycles. The van der Waals surface area contributed by atoms with Crippen molar-refractivity contribution in [3.05, 3.63) is 5.01 Å². The van der Waals surface area contributed by atoms with Gasteiger partial charge in [0, 0.05) is 6.61 Å². The van der Waals surface area contributed by atoms with E-state index in [-0.39, 0.29) is 6.10 Å². The number of hydrogen-bond acceptors (Lipinski definition) is 6. The standard InChI is InChI=1S/C9H13N3O3S/c1-2-14-9(13)10-8-12-11-7(16-8)6-4-3-5-15-6/h6H,2-5H2,1H3,(H,10,12,13). The molecule has 0 saturated carbocycles. The van der Waals surface area contributed by atoms with E-state index in [1.54, 1.807) is 6.92 Å². The molecule has 0 aromatic carbocycles. The highest BCUT2D eigenvalue weighted by Crippen LogP contribution is 2.31. The summed E-state index contributed by atoms with van der Waals surface area (Å²) in [6.45, 7) is 2.85. The Labute approximate surface area is 97.0 Å². The Morgan fingerprint density at radius 2 is 2.56 bits per heavy atom. The van der Waals surface area contributed by atoms with Crippen molar-refractivity contribution in [1.29, 1.82) is 0 Å². The predicted octanol–water partition coefficient (Wildman–Crippen LogP) is 1.96. The summed E-state index contributed by atoms with van der Waals surface area (Å²) in [7, 11) is 0. The second-order valence-corrected chi connectivity index (χ2v) is 4.30. The molecule has 2 rings (SSSR count). The van der Waals surface area contributed by atoms with Gasteiger partial charge < -0.3 is 9.47 Å². The first-order valence-corrected chi connectivity index (χ1v) is 6.00. The molecule has 0 spiro atoms. The van der Waals surface area contributed by atoms with E-state index in [2.05, 4.69) is 15.5 Å². The number of aromatic nitrogens is 2. The molecule has 1 fully saturated rings. The maximum atomic E-state index is 11.1. The van der Waals surface area contributed by atoms with E-state index >= 15 is 0 Å². The monoisotopic (exact) mass is 243 g/mol. The van der Waals surface area contributed by atoms with Crippen molar-refractivity contribution in [2.75, 3.05) is 18.5 Å². The van der Waals surface area contributed by atoms with Crippen molar-refractivity contribution in [1.82, 2.24) is 10.2 Å². The molecule has 0 bridgehead atoms. The molecule has 1 aliphatic rings. The van der Waals surface area contributed by atoms with Gasteiger partial charge in [0.15, 0.2) is 0 Å². The molecule has 1 atom stereocenters. The Balaban J connectivity index is 1.93. The van der Waals surface area contributed by atoms with E-state index in [1.165, 1.54) is 11.3 Å². The third kappa shape index (κ3) is 2.67.